The minimum Gasteiger partial charge on any atom is -0.471 e. The summed E-state index contributed by atoms with van der Waals surface area (Å²) < 4.78 is 31.3. The summed E-state index contributed by atoms with van der Waals surface area (Å²) in [7, 11) is 1.69. The van der Waals surface area contributed by atoms with Gasteiger partial charge in [-0.2, -0.15) is 0 Å². The molecule has 0 aliphatic carbocycles. The predicted molar refractivity (Wildman–Crippen MR) is 126 cm³/mol. The Labute approximate surface area is 202 Å². The van der Waals surface area contributed by atoms with Crippen LogP contribution in [0.5, 0.6) is 5.88 Å². The van der Waals surface area contributed by atoms with Gasteiger partial charge in [0.05, 0.1) is 6.04 Å². The molecule has 186 valence electrons. The van der Waals surface area contributed by atoms with E-state index in [9.17, 15) is 18.4 Å². The third-order valence-corrected chi connectivity index (χ3v) is 5.52. The van der Waals surface area contributed by atoms with Crippen LogP contribution in [0.25, 0.3) is 0 Å². The first-order chi connectivity index (χ1) is 16.6. The lowest BCUT2D eigenvalue weighted by Gasteiger charge is -2.25. The first kappa shape index (κ1) is 25.7. The number of hydrogen-bond acceptors (Lipinski definition) is 7. The highest BCUT2D eigenvalue weighted by atomic mass is 19.3. The quantitative estimate of drug-likeness (QED) is 0.444. The number of hydrogen-bond donors (Lipinski definition) is 3. The molecule has 0 radical (unpaired) electrons. The molecule has 0 fully saturated rings. The van der Waals surface area contributed by atoms with Gasteiger partial charge in [0.15, 0.2) is 6.61 Å². The Bertz CT molecular complexity index is 1160. The van der Waals surface area contributed by atoms with Crippen LogP contribution < -0.4 is 15.4 Å². The summed E-state index contributed by atoms with van der Waals surface area (Å²) in [6.07, 6.45) is 5.65. The lowest BCUT2D eigenvalue weighted by Crippen LogP contribution is -2.29. The summed E-state index contributed by atoms with van der Waals surface area (Å²) in [4.78, 5) is 35.9. The van der Waals surface area contributed by atoms with E-state index in [0.717, 1.165) is 13.1 Å². The number of aryl methyl sites for hydroxylation is 1. The average Bonchev–Trinajstić information content (AvgIpc) is 3.16. The number of rotatable bonds is 10. The molecule has 35 heavy (non-hydrogen) atoms. The lowest BCUT2D eigenvalue weighted by molar-refractivity contribution is -0.0244. The van der Waals surface area contributed by atoms with Crippen molar-refractivity contribution in [2.24, 2.45) is 0 Å². The fraction of sp³-hybridized carbons (Fsp3) is 0.375. The lowest BCUT2D eigenvalue weighted by atomic mass is 10.1. The molecule has 1 unspecified atom stereocenters. The van der Waals surface area contributed by atoms with E-state index >= 15 is 0 Å². The van der Waals surface area contributed by atoms with Crippen LogP contribution in [0.1, 0.15) is 57.4 Å². The standard InChI is InChI=1S/C24H28F2N6O3/c1-14-7-17(11-31-22(14)35-13-24(3,25)26)15(2)32-12-19-18(23(32)34)5-6-29-20(19)21(33)30-10-16(8-27)9-28-4/h5-9,11,15,27-28H,10,12-13H2,1-4H3,(H,30,33)/b16-9+,27-8?. The molecular formula is C24H28F2N6O3. The summed E-state index contributed by atoms with van der Waals surface area (Å²) >= 11 is 0. The topological polar surface area (TPSA) is 120 Å². The maximum Gasteiger partial charge on any atom is 0.278 e. The van der Waals surface area contributed by atoms with Gasteiger partial charge in [-0.25, -0.2) is 13.8 Å². The molecule has 2 amide bonds. The van der Waals surface area contributed by atoms with Crippen molar-refractivity contribution < 1.29 is 23.1 Å². The van der Waals surface area contributed by atoms with E-state index < -0.39 is 24.5 Å². The van der Waals surface area contributed by atoms with Gasteiger partial charge in [0.25, 0.3) is 17.7 Å². The molecule has 9 nitrogen and oxygen atoms in total. The molecule has 0 spiro atoms. The number of fused-ring (bicyclic) bond motifs is 1. The second kappa shape index (κ2) is 10.6. The van der Waals surface area contributed by atoms with Crippen LogP contribution in [0.4, 0.5) is 8.78 Å². The number of alkyl halides is 2. The van der Waals surface area contributed by atoms with Crippen LogP contribution in [0, 0.1) is 12.3 Å². The number of nitrogens with one attached hydrogen (secondary N) is 3. The highest BCUT2D eigenvalue weighted by molar-refractivity contribution is 6.03. The minimum absolute atomic E-state index is 0.110. The molecule has 1 atom stereocenters. The number of halogens is 2. The van der Waals surface area contributed by atoms with E-state index in [-0.39, 0.29) is 30.6 Å². The van der Waals surface area contributed by atoms with E-state index in [1.54, 1.807) is 37.2 Å². The van der Waals surface area contributed by atoms with Crippen LogP contribution in [0.2, 0.25) is 0 Å². The summed E-state index contributed by atoms with van der Waals surface area (Å²) in [5.41, 5.74) is 2.90. The van der Waals surface area contributed by atoms with Crippen LogP contribution in [-0.2, 0) is 6.54 Å². The van der Waals surface area contributed by atoms with Crippen molar-refractivity contribution in [2.45, 2.75) is 39.3 Å². The Kier molecular flexibility index (Phi) is 7.78. The van der Waals surface area contributed by atoms with Crippen molar-refractivity contribution in [2.75, 3.05) is 20.2 Å². The Hall–Kier alpha value is -3.89. The molecule has 1 aliphatic heterocycles. The zero-order chi connectivity index (χ0) is 25.8. The van der Waals surface area contributed by atoms with E-state index in [1.165, 1.54) is 12.4 Å². The van der Waals surface area contributed by atoms with Crippen LogP contribution in [0.3, 0.4) is 0 Å². The summed E-state index contributed by atoms with van der Waals surface area (Å²) in [6.45, 7) is 3.82. The van der Waals surface area contributed by atoms with Gasteiger partial charge in [0.1, 0.15) is 5.69 Å². The SMILES string of the molecule is CN/C=C(\C=N)CNC(=O)c1nccc2c1CN(C(C)c1cnc(OCC(C)(F)F)c(C)c1)C2=O. The summed E-state index contributed by atoms with van der Waals surface area (Å²) in [5.74, 6) is -3.56. The summed E-state index contributed by atoms with van der Waals surface area (Å²) in [5, 5.41) is 12.9. The predicted octanol–water partition coefficient (Wildman–Crippen LogP) is 3.02. The van der Waals surface area contributed by atoms with Gasteiger partial charge in [0, 0.05) is 74.1 Å². The van der Waals surface area contributed by atoms with Crippen molar-refractivity contribution >= 4 is 18.0 Å². The van der Waals surface area contributed by atoms with Gasteiger partial charge >= 0.3 is 0 Å². The molecular weight excluding hydrogens is 458 g/mol. The third-order valence-electron chi connectivity index (χ3n) is 5.52. The maximum atomic E-state index is 13.1. The smallest absolute Gasteiger partial charge is 0.278 e. The Morgan fingerprint density at radius 2 is 2.14 bits per heavy atom. The molecule has 2 aromatic heterocycles. The zero-order valence-corrected chi connectivity index (χ0v) is 20.0. The van der Waals surface area contributed by atoms with E-state index in [0.29, 0.717) is 27.8 Å². The number of carbonyl (C=O) groups excluding carboxylic acids is 2. The second-order valence-electron chi connectivity index (χ2n) is 8.38. The van der Waals surface area contributed by atoms with Crippen LogP contribution in [-0.4, -0.2) is 59.0 Å². The van der Waals surface area contributed by atoms with Crippen molar-refractivity contribution in [3.05, 3.63) is 64.2 Å². The highest BCUT2D eigenvalue weighted by Gasteiger charge is 2.35. The number of amides is 2. The number of nitrogens with zero attached hydrogens (tertiary/aromatic N) is 3. The van der Waals surface area contributed by atoms with Gasteiger partial charge in [-0.05, 0) is 31.5 Å². The van der Waals surface area contributed by atoms with E-state index in [2.05, 4.69) is 20.6 Å². The third kappa shape index (κ3) is 5.97. The van der Waals surface area contributed by atoms with Gasteiger partial charge in [-0.3, -0.25) is 14.6 Å². The molecule has 3 rings (SSSR count). The Morgan fingerprint density at radius 3 is 2.77 bits per heavy atom. The molecule has 0 saturated carbocycles. The highest BCUT2D eigenvalue weighted by Crippen LogP contribution is 2.33. The summed E-state index contributed by atoms with van der Waals surface area (Å²) in [6, 6.07) is 2.92. The van der Waals surface area contributed by atoms with Gasteiger partial charge in [-0.1, -0.05) is 0 Å². The first-order valence-electron chi connectivity index (χ1n) is 11.0. The molecule has 0 aromatic carbocycles. The first-order valence-corrected chi connectivity index (χ1v) is 11.0. The molecule has 2 aromatic rings. The van der Waals surface area contributed by atoms with Gasteiger partial charge in [0.2, 0.25) is 5.88 Å². The normalized spacial score (nSPS) is 14.4. The molecule has 0 saturated heterocycles. The molecule has 3 N–H and O–H groups in total. The van der Waals surface area contributed by atoms with Gasteiger partial charge < -0.3 is 25.7 Å². The van der Waals surface area contributed by atoms with E-state index in [4.69, 9.17) is 10.1 Å². The largest absolute Gasteiger partial charge is 0.471 e. The minimum atomic E-state index is -2.98. The van der Waals surface area contributed by atoms with Crippen LogP contribution in [0.15, 0.2) is 36.3 Å². The number of ether oxygens (including phenoxy) is 1. The Balaban J connectivity index is 1.77. The van der Waals surface area contributed by atoms with Crippen molar-refractivity contribution in [1.29, 1.82) is 5.41 Å². The maximum absolute atomic E-state index is 13.1. The fourth-order valence-corrected chi connectivity index (χ4v) is 3.69. The second-order valence-corrected chi connectivity index (χ2v) is 8.38. The van der Waals surface area contributed by atoms with E-state index in [1.807, 2.05) is 6.92 Å². The number of aromatic nitrogens is 2. The Morgan fingerprint density at radius 1 is 1.40 bits per heavy atom. The average molecular weight is 487 g/mol. The number of carbonyl (C=O) groups is 2. The van der Waals surface area contributed by atoms with Gasteiger partial charge in [-0.15, -0.1) is 0 Å². The molecule has 3 heterocycles. The zero-order valence-electron chi connectivity index (χ0n) is 20.0. The van der Waals surface area contributed by atoms with Crippen molar-refractivity contribution in [1.82, 2.24) is 25.5 Å². The van der Waals surface area contributed by atoms with Crippen LogP contribution >= 0.6 is 0 Å². The van der Waals surface area contributed by atoms with Crippen molar-refractivity contribution in [3.8, 4) is 5.88 Å². The fourth-order valence-electron chi connectivity index (χ4n) is 3.69. The number of pyridine rings is 2. The van der Waals surface area contributed by atoms with Crippen molar-refractivity contribution in [3.63, 3.8) is 0 Å². The molecule has 1 aliphatic rings. The molecule has 0 bridgehead atoms. The molecule has 11 heteroatoms. The monoisotopic (exact) mass is 486 g/mol.